The molecule has 0 atom stereocenters. The third-order valence-corrected chi connectivity index (χ3v) is 4.33. The molecule has 0 N–H and O–H groups in total. The van der Waals surface area contributed by atoms with Gasteiger partial charge in [-0.3, -0.25) is 4.98 Å². The summed E-state index contributed by atoms with van der Waals surface area (Å²) in [4.78, 5) is 4.31. The fraction of sp³-hybridized carbons (Fsp3) is 0.316. The van der Waals surface area contributed by atoms with E-state index in [1.54, 1.807) is 25.4 Å². The summed E-state index contributed by atoms with van der Waals surface area (Å²) in [5.41, 5.74) is 4.32. The highest BCUT2D eigenvalue weighted by atomic mass is 19.1. The SMILES string of the molecule is COCCn1c(C)c(C)c2cncc(OCc3ccc(F)cc3)c21. The first-order chi connectivity index (χ1) is 11.6. The van der Waals surface area contributed by atoms with E-state index in [-0.39, 0.29) is 5.82 Å². The Balaban J connectivity index is 1.95. The Kier molecular flexibility index (Phi) is 4.81. The highest BCUT2D eigenvalue weighted by Gasteiger charge is 2.15. The summed E-state index contributed by atoms with van der Waals surface area (Å²) in [6.45, 7) is 5.93. The van der Waals surface area contributed by atoms with Crippen LogP contribution in [0.3, 0.4) is 0 Å². The van der Waals surface area contributed by atoms with Gasteiger partial charge in [0.1, 0.15) is 12.4 Å². The standard InChI is InChI=1S/C19H21FN2O2/c1-13-14(2)22(8-9-23-3)19-17(13)10-21-11-18(19)24-12-15-4-6-16(20)7-5-15/h4-7,10-11H,8-9,12H2,1-3H3. The Morgan fingerprint density at radius 2 is 1.88 bits per heavy atom. The number of hydrogen-bond donors (Lipinski definition) is 0. The lowest BCUT2D eigenvalue weighted by molar-refractivity contribution is 0.187. The second-order valence-electron chi connectivity index (χ2n) is 5.80. The van der Waals surface area contributed by atoms with Crippen LogP contribution in [0.25, 0.3) is 10.9 Å². The fourth-order valence-electron chi connectivity index (χ4n) is 2.86. The number of rotatable bonds is 6. The second-order valence-corrected chi connectivity index (χ2v) is 5.80. The zero-order valence-corrected chi connectivity index (χ0v) is 14.2. The number of halogens is 1. The van der Waals surface area contributed by atoms with Crippen LogP contribution in [0.4, 0.5) is 4.39 Å². The highest BCUT2D eigenvalue weighted by Crippen LogP contribution is 2.31. The Morgan fingerprint density at radius 3 is 2.58 bits per heavy atom. The van der Waals surface area contributed by atoms with Gasteiger partial charge in [0, 0.05) is 30.9 Å². The first-order valence-corrected chi connectivity index (χ1v) is 7.91. The average molecular weight is 328 g/mol. The minimum absolute atomic E-state index is 0.248. The van der Waals surface area contributed by atoms with Crippen molar-refractivity contribution >= 4 is 10.9 Å². The molecule has 0 bridgehead atoms. The van der Waals surface area contributed by atoms with Crippen LogP contribution < -0.4 is 4.74 Å². The van der Waals surface area contributed by atoms with Gasteiger partial charge in [0.2, 0.25) is 0 Å². The van der Waals surface area contributed by atoms with Crippen molar-refractivity contribution in [1.82, 2.24) is 9.55 Å². The van der Waals surface area contributed by atoms with Crippen LogP contribution >= 0.6 is 0 Å². The van der Waals surface area contributed by atoms with E-state index >= 15 is 0 Å². The third kappa shape index (κ3) is 3.12. The van der Waals surface area contributed by atoms with E-state index in [0.717, 1.165) is 28.8 Å². The molecule has 126 valence electrons. The van der Waals surface area contributed by atoms with Gasteiger partial charge < -0.3 is 14.0 Å². The number of aryl methyl sites for hydroxylation is 1. The van der Waals surface area contributed by atoms with E-state index < -0.39 is 0 Å². The molecular weight excluding hydrogens is 307 g/mol. The molecule has 0 saturated heterocycles. The van der Waals surface area contributed by atoms with Crippen molar-refractivity contribution in [3.05, 3.63) is 59.3 Å². The van der Waals surface area contributed by atoms with Gasteiger partial charge in [-0.25, -0.2) is 4.39 Å². The van der Waals surface area contributed by atoms with E-state index in [2.05, 4.69) is 23.4 Å². The Morgan fingerprint density at radius 1 is 1.12 bits per heavy atom. The van der Waals surface area contributed by atoms with Crippen LogP contribution in [0, 0.1) is 19.7 Å². The Hall–Kier alpha value is -2.40. The molecule has 0 aliphatic rings. The van der Waals surface area contributed by atoms with Gasteiger partial charge >= 0.3 is 0 Å². The predicted molar refractivity (Wildman–Crippen MR) is 91.8 cm³/mol. The molecule has 0 amide bonds. The van der Waals surface area contributed by atoms with Gasteiger partial charge in [-0.2, -0.15) is 0 Å². The van der Waals surface area contributed by atoms with Crippen molar-refractivity contribution in [3.8, 4) is 5.75 Å². The zero-order chi connectivity index (χ0) is 17.1. The van der Waals surface area contributed by atoms with Crippen molar-refractivity contribution in [3.63, 3.8) is 0 Å². The lowest BCUT2D eigenvalue weighted by Crippen LogP contribution is -2.07. The summed E-state index contributed by atoms with van der Waals surface area (Å²) in [5, 5.41) is 1.08. The normalized spacial score (nSPS) is 11.2. The van der Waals surface area contributed by atoms with Gasteiger partial charge in [-0.1, -0.05) is 12.1 Å². The van der Waals surface area contributed by atoms with Gasteiger partial charge in [-0.05, 0) is 37.1 Å². The molecule has 2 heterocycles. The summed E-state index contributed by atoms with van der Waals surface area (Å²) >= 11 is 0. The first kappa shape index (κ1) is 16.5. The molecule has 0 unspecified atom stereocenters. The second kappa shape index (κ2) is 7.01. The minimum atomic E-state index is -0.248. The Bertz CT molecular complexity index is 841. The summed E-state index contributed by atoms with van der Waals surface area (Å²) in [5.74, 6) is 0.478. The maximum atomic E-state index is 13.0. The lowest BCUT2D eigenvalue weighted by atomic mass is 10.2. The van der Waals surface area contributed by atoms with Gasteiger partial charge in [-0.15, -0.1) is 0 Å². The Labute approximate surface area is 140 Å². The van der Waals surface area contributed by atoms with Crippen LogP contribution in [0.1, 0.15) is 16.8 Å². The first-order valence-electron chi connectivity index (χ1n) is 7.91. The zero-order valence-electron chi connectivity index (χ0n) is 14.2. The van der Waals surface area contributed by atoms with Crippen molar-refractivity contribution in [2.75, 3.05) is 13.7 Å². The number of hydrogen-bond acceptors (Lipinski definition) is 3. The molecule has 0 fully saturated rings. The molecule has 3 aromatic rings. The van der Waals surface area contributed by atoms with Crippen LogP contribution in [0.5, 0.6) is 5.75 Å². The molecule has 4 nitrogen and oxygen atoms in total. The topological polar surface area (TPSA) is 36.3 Å². The molecular formula is C19H21FN2O2. The van der Waals surface area contributed by atoms with Gasteiger partial charge in [0.05, 0.1) is 18.3 Å². The fourth-order valence-corrected chi connectivity index (χ4v) is 2.86. The van der Waals surface area contributed by atoms with Crippen LogP contribution in [-0.2, 0) is 17.9 Å². The van der Waals surface area contributed by atoms with Crippen molar-refractivity contribution < 1.29 is 13.9 Å². The van der Waals surface area contributed by atoms with Crippen molar-refractivity contribution in [2.45, 2.75) is 27.0 Å². The average Bonchev–Trinajstić information content (AvgIpc) is 2.84. The summed E-state index contributed by atoms with van der Waals surface area (Å²) in [6.07, 6.45) is 3.60. The predicted octanol–water partition coefficient (Wildman–Crippen LogP) is 4.02. The molecule has 24 heavy (non-hydrogen) atoms. The number of nitrogens with zero attached hydrogens (tertiary/aromatic N) is 2. The van der Waals surface area contributed by atoms with Crippen molar-refractivity contribution in [1.29, 1.82) is 0 Å². The van der Waals surface area contributed by atoms with Crippen molar-refractivity contribution in [2.24, 2.45) is 0 Å². The minimum Gasteiger partial charge on any atom is -0.485 e. The maximum Gasteiger partial charge on any atom is 0.162 e. The van der Waals surface area contributed by atoms with Gasteiger partial charge in [0.15, 0.2) is 5.75 Å². The van der Waals surface area contributed by atoms with E-state index in [1.165, 1.54) is 23.4 Å². The van der Waals surface area contributed by atoms with Crippen LogP contribution in [0.2, 0.25) is 0 Å². The number of aromatic nitrogens is 2. The maximum absolute atomic E-state index is 13.0. The third-order valence-electron chi connectivity index (χ3n) is 4.33. The number of benzene rings is 1. The van der Waals surface area contributed by atoms with E-state index in [0.29, 0.717) is 13.2 Å². The molecule has 3 rings (SSSR count). The summed E-state index contributed by atoms with van der Waals surface area (Å²) in [7, 11) is 1.70. The molecule has 0 aliphatic carbocycles. The number of pyridine rings is 1. The molecule has 0 saturated carbocycles. The smallest absolute Gasteiger partial charge is 0.162 e. The van der Waals surface area contributed by atoms with Gasteiger partial charge in [0.25, 0.3) is 0 Å². The molecule has 5 heteroatoms. The largest absolute Gasteiger partial charge is 0.485 e. The number of methoxy groups -OCH3 is 1. The molecule has 0 radical (unpaired) electrons. The lowest BCUT2D eigenvalue weighted by Gasteiger charge is -2.12. The summed E-state index contributed by atoms with van der Waals surface area (Å²) < 4.78 is 26.4. The van der Waals surface area contributed by atoms with E-state index in [9.17, 15) is 4.39 Å². The van der Waals surface area contributed by atoms with Crippen LogP contribution in [-0.4, -0.2) is 23.3 Å². The molecule has 0 aliphatic heterocycles. The quantitative estimate of drug-likeness (QED) is 0.686. The molecule has 2 aromatic heterocycles. The number of ether oxygens (including phenoxy) is 2. The highest BCUT2D eigenvalue weighted by molar-refractivity contribution is 5.89. The monoisotopic (exact) mass is 328 g/mol. The van der Waals surface area contributed by atoms with E-state index in [1.807, 2.05) is 6.20 Å². The summed E-state index contributed by atoms with van der Waals surface area (Å²) in [6, 6.07) is 6.33. The van der Waals surface area contributed by atoms with E-state index in [4.69, 9.17) is 9.47 Å². The molecule has 0 spiro atoms. The molecule has 1 aromatic carbocycles. The number of fused-ring (bicyclic) bond motifs is 1. The van der Waals surface area contributed by atoms with Crippen LogP contribution in [0.15, 0.2) is 36.7 Å².